The molecule has 0 bridgehead atoms. The summed E-state index contributed by atoms with van der Waals surface area (Å²) in [7, 11) is 0. The molecule has 0 saturated heterocycles. The zero-order valence-electron chi connectivity index (χ0n) is 9.71. The Morgan fingerprint density at radius 3 is 2.80 bits per heavy atom. The van der Waals surface area contributed by atoms with Crippen LogP contribution in [0.2, 0.25) is 0 Å². The van der Waals surface area contributed by atoms with Gasteiger partial charge in [-0.15, -0.1) is 0 Å². The number of hydrogen-bond donors (Lipinski definition) is 1. The molecule has 0 radical (unpaired) electrons. The Hall–Kier alpha value is -0.830. The second kappa shape index (κ2) is 5.31. The molecule has 3 nitrogen and oxygen atoms in total. The molecule has 0 unspecified atom stereocenters. The lowest BCUT2D eigenvalue weighted by molar-refractivity contribution is -0.119. The van der Waals surface area contributed by atoms with Gasteiger partial charge < -0.3 is 10.5 Å². The van der Waals surface area contributed by atoms with Gasteiger partial charge in [0, 0.05) is 12.8 Å². The zero-order chi connectivity index (χ0) is 11.3. The van der Waals surface area contributed by atoms with Crippen molar-refractivity contribution < 1.29 is 9.53 Å². The van der Waals surface area contributed by atoms with Gasteiger partial charge in [0.25, 0.3) is 0 Å². The molecular weight excluding hydrogens is 190 g/mol. The van der Waals surface area contributed by atoms with Crippen LogP contribution in [0.4, 0.5) is 0 Å². The van der Waals surface area contributed by atoms with Gasteiger partial charge in [0.05, 0.1) is 6.61 Å². The van der Waals surface area contributed by atoms with Crippen LogP contribution in [0.3, 0.4) is 0 Å². The first kappa shape index (κ1) is 12.2. The van der Waals surface area contributed by atoms with E-state index in [0.717, 1.165) is 19.3 Å². The molecule has 3 heteroatoms. The third-order valence-corrected chi connectivity index (χ3v) is 2.83. The Kier molecular flexibility index (Phi) is 4.33. The molecule has 2 N–H and O–H groups in total. The number of Topliss-reactive ketones (excluding diaryl/α,β-unsaturated/α-hetero) is 1. The van der Waals surface area contributed by atoms with Crippen molar-refractivity contribution in [2.45, 2.75) is 39.5 Å². The number of hydrogen-bond acceptors (Lipinski definition) is 3. The molecule has 0 aromatic carbocycles. The minimum atomic E-state index is 0.137. The second-order valence-electron chi connectivity index (χ2n) is 4.83. The predicted octanol–water partition coefficient (Wildman–Crippen LogP) is 2.01. The van der Waals surface area contributed by atoms with E-state index in [0.29, 0.717) is 25.3 Å². The SMILES string of the molecule is CC(C)(CCN)CCC(=O)C1=CCCO1. The summed E-state index contributed by atoms with van der Waals surface area (Å²) in [5.74, 6) is 0.705. The Bertz CT molecular complexity index is 256. The standard InChI is InChI=1S/C12H21NO2/c1-12(2,7-8-13)6-5-10(14)11-4-3-9-15-11/h4H,3,5-9,13H2,1-2H3. The summed E-state index contributed by atoms with van der Waals surface area (Å²) in [5, 5.41) is 0. The normalized spacial score (nSPS) is 16.1. The molecule has 0 aromatic rings. The van der Waals surface area contributed by atoms with Crippen LogP contribution in [0.5, 0.6) is 0 Å². The van der Waals surface area contributed by atoms with Gasteiger partial charge in [0.2, 0.25) is 0 Å². The second-order valence-corrected chi connectivity index (χ2v) is 4.83. The fourth-order valence-electron chi connectivity index (χ4n) is 1.70. The van der Waals surface area contributed by atoms with Crippen LogP contribution in [-0.2, 0) is 9.53 Å². The summed E-state index contributed by atoms with van der Waals surface area (Å²) in [6.07, 6.45) is 5.16. The fraction of sp³-hybridized carbons (Fsp3) is 0.750. The lowest BCUT2D eigenvalue weighted by Crippen LogP contribution is -2.18. The van der Waals surface area contributed by atoms with Crippen LogP contribution in [0.1, 0.15) is 39.5 Å². The van der Waals surface area contributed by atoms with E-state index in [1.807, 2.05) is 6.08 Å². The van der Waals surface area contributed by atoms with Gasteiger partial charge in [-0.3, -0.25) is 4.79 Å². The highest BCUT2D eigenvalue weighted by atomic mass is 16.5. The molecule has 0 fully saturated rings. The Morgan fingerprint density at radius 2 is 2.27 bits per heavy atom. The molecule has 1 aliphatic heterocycles. The number of allylic oxidation sites excluding steroid dienone is 1. The third-order valence-electron chi connectivity index (χ3n) is 2.83. The summed E-state index contributed by atoms with van der Waals surface area (Å²) < 4.78 is 5.23. The number of ether oxygens (including phenoxy) is 1. The summed E-state index contributed by atoms with van der Waals surface area (Å²) in [6, 6.07) is 0. The molecule has 0 amide bonds. The van der Waals surface area contributed by atoms with Crippen LogP contribution >= 0.6 is 0 Å². The highest BCUT2D eigenvalue weighted by molar-refractivity contribution is 5.93. The predicted molar refractivity (Wildman–Crippen MR) is 60.3 cm³/mol. The molecule has 86 valence electrons. The van der Waals surface area contributed by atoms with Gasteiger partial charge in [-0.25, -0.2) is 0 Å². The smallest absolute Gasteiger partial charge is 0.197 e. The Balaban J connectivity index is 2.33. The van der Waals surface area contributed by atoms with E-state index in [2.05, 4.69) is 13.8 Å². The number of carbonyl (C=O) groups is 1. The van der Waals surface area contributed by atoms with Gasteiger partial charge >= 0.3 is 0 Å². The van der Waals surface area contributed by atoms with E-state index in [1.165, 1.54) is 0 Å². The number of carbonyl (C=O) groups excluding carboxylic acids is 1. The van der Waals surface area contributed by atoms with Gasteiger partial charge in [-0.05, 0) is 30.9 Å². The molecule has 1 heterocycles. The van der Waals surface area contributed by atoms with E-state index in [1.54, 1.807) is 0 Å². The largest absolute Gasteiger partial charge is 0.490 e. The van der Waals surface area contributed by atoms with Crippen LogP contribution in [0, 0.1) is 5.41 Å². The number of ketones is 1. The minimum absolute atomic E-state index is 0.137. The van der Waals surface area contributed by atoms with Crippen LogP contribution in [-0.4, -0.2) is 18.9 Å². The maximum Gasteiger partial charge on any atom is 0.197 e. The number of rotatable bonds is 6. The van der Waals surface area contributed by atoms with Crippen molar-refractivity contribution in [2.24, 2.45) is 11.1 Å². The summed E-state index contributed by atoms with van der Waals surface area (Å²) >= 11 is 0. The van der Waals surface area contributed by atoms with E-state index in [9.17, 15) is 4.79 Å². The van der Waals surface area contributed by atoms with Crippen LogP contribution < -0.4 is 5.73 Å². The first-order valence-corrected chi connectivity index (χ1v) is 5.61. The monoisotopic (exact) mass is 211 g/mol. The molecule has 0 atom stereocenters. The maximum atomic E-state index is 11.7. The Morgan fingerprint density at radius 1 is 1.53 bits per heavy atom. The summed E-state index contributed by atoms with van der Waals surface area (Å²) in [6.45, 7) is 5.64. The molecule has 0 spiro atoms. The van der Waals surface area contributed by atoms with Crippen molar-refractivity contribution in [3.05, 3.63) is 11.8 Å². The first-order chi connectivity index (χ1) is 7.05. The van der Waals surface area contributed by atoms with Crippen LogP contribution in [0.15, 0.2) is 11.8 Å². The van der Waals surface area contributed by atoms with E-state index in [-0.39, 0.29) is 11.2 Å². The summed E-state index contributed by atoms with van der Waals surface area (Å²) in [4.78, 5) is 11.7. The average Bonchev–Trinajstić information content (AvgIpc) is 2.67. The highest BCUT2D eigenvalue weighted by Crippen LogP contribution is 2.27. The van der Waals surface area contributed by atoms with Crippen molar-refractivity contribution in [2.75, 3.05) is 13.2 Å². The third kappa shape index (κ3) is 4.04. The molecule has 0 saturated carbocycles. The molecule has 0 aliphatic carbocycles. The molecule has 1 aliphatic rings. The topological polar surface area (TPSA) is 52.3 Å². The highest BCUT2D eigenvalue weighted by Gasteiger charge is 2.21. The lowest BCUT2D eigenvalue weighted by atomic mass is 9.83. The zero-order valence-corrected chi connectivity index (χ0v) is 9.71. The molecule has 15 heavy (non-hydrogen) atoms. The van der Waals surface area contributed by atoms with Crippen molar-refractivity contribution in [1.29, 1.82) is 0 Å². The van der Waals surface area contributed by atoms with Gasteiger partial charge in [-0.2, -0.15) is 0 Å². The molecule has 1 rings (SSSR count). The van der Waals surface area contributed by atoms with E-state index in [4.69, 9.17) is 10.5 Å². The van der Waals surface area contributed by atoms with Crippen molar-refractivity contribution in [1.82, 2.24) is 0 Å². The van der Waals surface area contributed by atoms with Crippen molar-refractivity contribution >= 4 is 5.78 Å². The molecular formula is C12H21NO2. The molecule has 0 aromatic heterocycles. The van der Waals surface area contributed by atoms with Crippen molar-refractivity contribution in [3.8, 4) is 0 Å². The quantitative estimate of drug-likeness (QED) is 0.731. The van der Waals surface area contributed by atoms with E-state index >= 15 is 0 Å². The summed E-state index contributed by atoms with van der Waals surface area (Å²) in [5.41, 5.74) is 5.68. The minimum Gasteiger partial charge on any atom is -0.490 e. The maximum absolute atomic E-state index is 11.7. The van der Waals surface area contributed by atoms with Crippen molar-refractivity contribution in [3.63, 3.8) is 0 Å². The lowest BCUT2D eigenvalue weighted by Gasteiger charge is -2.23. The van der Waals surface area contributed by atoms with Gasteiger partial charge in [0.15, 0.2) is 11.5 Å². The average molecular weight is 211 g/mol. The first-order valence-electron chi connectivity index (χ1n) is 5.61. The van der Waals surface area contributed by atoms with Crippen LogP contribution in [0.25, 0.3) is 0 Å². The van der Waals surface area contributed by atoms with Gasteiger partial charge in [0.1, 0.15) is 0 Å². The Labute approximate surface area is 91.7 Å². The fourth-order valence-corrected chi connectivity index (χ4v) is 1.70. The van der Waals surface area contributed by atoms with E-state index < -0.39 is 0 Å². The van der Waals surface area contributed by atoms with Gasteiger partial charge in [-0.1, -0.05) is 13.8 Å². The number of nitrogens with two attached hydrogens (primary N) is 1.